The van der Waals surface area contributed by atoms with Crippen molar-refractivity contribution in [2.45, 2.75) is 136 Å². The molecule has 196 valence electrons. The lowest BCUT2D eigenvalue weighted by Crippen LogP contribution is -2.67. The van der Waals surface area contributed by atoms with Crippen molar-refractivity contribution in [3.05, 3.63) is 0 Å². The molecule has 0 aromatic heterocycles. The fourth-order valence-corrected chi connectivity index (χ4v) is 6.00. The Bertz CT molecular complexity index is 635. The van der Waals surface area contributed by atoms with E-state index in [0.717, 1.165) is 25.9 Å². The summed E-state index contributed by atoms with van der Waals surface area (Å²) >= 11 is 0. The molecule has 2 heterocycles. The monoisotopic (exact) mass is 476 g/mol. The maximum atomic E-state index is 14.0. The van der Waals surface area contributed by atoms with Gasteiger partial charge in [-0.3, -0.25) is 19.6 Å². The van der Waals surface area contributed by atoms with Gasteiger partial charge in [-0.05, 0) is 89.0 Å². The molecule has 33 heavy (non-hydrogen) atoms. The number of alkyl halides is 3. The molecule has 0 N–H and O–H groups in total. The van der Waals surface area contributed by atoms with Crippen molar-refractivity contribution in [1.29, 1.82) is 0 Å². The Morgan fingerprint density at radius 3 is 1.79 bits per heavy atom. The molecule has 4 nitrogen and oxygen atoms in total. The fraction of sp³-hybridized carbons (Fsp3) is 1.00. The Kier molecular flexibility index (Phi) is 8.70. The van der Waals surface area contributed by atoms with E-state index in [4.69, 9.17) is 0 Å². The molecule has 2 aliphatic heterocycles. The van der Waals surface area contributed by atoms with Crippen molar-refractivity contribution in [1.82, 2.24) is 19.6 Å². The number of hydrogen-bond donors (Lipinski definition) is 0. The van der Waals surface area contributed by atoms with Crippen molar-refractivity contribution < 1.29 is 13.2 Å². The van der Waals surface area contributed by atoms with E-state index in [1.54, 1.807) is 4.90 Å². The van der Waals surface area contributed by atoms with E-state index < -0.39 is 17.8 Å². The van der Waals surface area contributed by atoms with Gasteiger partial charge in [-0.15, -0.1) is 0 Å². The standard InChI is InChI=1S/C26H51F3N4/c1-19(31-16-21(3)33(17-20(31)2)24(7,8)9)12-13-25(10,11)30-14-15-32(23(4,5)6)22(18-30)26(27,28)29/h19-22H,12-18H2,1-11H3/t19?,20-,21+,22?/m0/s1. The molecule has 4 atom stereocenters. The summed E-state index contributed by atoms with van der Waals surface area (Å²) in [6, 6.07) is -0.0226. The lowest BCUT2D eigenvalue weighted by molar-refractivity contribution is -0.215. The molecule has 7 heteroatoms. The van der Waals surface area contributed by atoms with Crippen LogP contribution in [-0.2, 0) is 0 Å². The molecule has 0 aliphatic carbocycles. The van der Waals surface area contributed by atoms with Gasteiger partial charge >= 0.3 is 6.18 Å². The van der Waals surface area contributed by atoms with Crippen LogP contribution in [0.4, 0.5) is 13.2 Å². The maximum absolute atomic E-state index is 14.0. The van der Waals surface area contributed by atoms with E-state index in [-0.39, 0.29) is 17.6 Å². The smallest absolute Gasteiger partial charge is 0.295 e. The van der Waals surface area contributed by atoms with Gasteiger partial charge in [0.05, 0.1) is 0 Å². The summed E-state index contributed by atoms with van der Waals surface area (Å²) in [5.74, 6) is 0. The molecule has 0 aromatic rings. The number of hydrogen-bond acceptors (Lipinski definition) is 4. The molecule has 2 saturated heterocycles. The topological polar surface area (TPSA) is 13.0 Å². The predicted molar refractivity (Wildman–Crippen MR) is 133 cm³/mol. The largest absolute Gasteiger partial charge is 0.405 e. The van der Waals surface area contributed by atoms with Crippen LogP contribution in [0.3, 0.4) is 0 Å². The first-order valence-electron chi connectivity index (χ1n) is 12.9. The van der Waals surface area contributed by atoms with Crippen LogP contribution in [0.1, 0.15) is 89.0 Å². The Labute approximate surface area is 201 Å². The van der Waals surface area contributed by atoms with Gasteiger partial charge in [0.25, 0.3) is 0 Å². The second kappa shape index (κ2) is 9.94. The third kappa shape index (κ3) is 7.08. The van der Waals surface area contributed by atoms with Crippen molar-refractivity contribution in [2.24, 2.45) is 0 Å². The Morgan fingerprint density at radius 1 is 0.758 bits per heavy atom. The van der Waals surface area contributed by atoms with E-state index in [1.807, 2.05) is 20.8 Å². The Morgan fingerprint density at radius 2 is 1.30 bits per heavy atom. The predicted octanol–water partition coefficient (Wildman–Crippen LogP) is 5.47. The zero-order chi connectivity index (χ0) is 25.6. The zero-order valence-corrected chi connectivity index (χ0v) is 23.2. The van der Waals surface area contributed by atoms with E-state index in [2.05, 4.69) is 70.1 Å². The number of piperazine rings is 2. The molecule has 2 unspecified atom stereocenters. The van der Waals surface area contributed by atoms with Crippen LogP contribution in [0, 0.1) is 0 Å². The highest BCUT2D eigenvalue weighted by atomic mass is 19.4. The molecule has 2 rings (SSSR count). The van der Waals surface area contributed by atoms with Gasteiger partial charge in [-0.2, -0.15) is 13.2 Å². The van der Waals surface area contributed by atoms with E-state index in [9.17, 15) is 13.2 Å². The zero-order valence-electron chi connectivity index (χ0n) is 23.2. The number of rotatable bonds is 5. The summed E-state index contributed by atoms with van der Waals surface area (Å²) in [6.45, 7) is 27.0. The molecule has 0 bridgehead atoms. The fourth-order valence-electron chi connectivity index (χ4n) is 6.00. The lowest BCUT2D eigenvalue weighted by Gasteiger charge is -2.53. The summed E-state index contributed by atoms with van der Waals surface area (Å²) in [5.41, 5.74) is -0.591. The molecule has 0 amide bonds. The van der Waals surface area contributed by atoms with Gasteiger partial charge in [0.15, 0.2) is 0 Å². The number of halogens is 3. The van der Waals surface area contributed by atoms with Gasteiger partial charge in [-0.25, -0.2) is 0 Å². The van der Waals surface area contributed by atoms with Gasteiger partial charge < -0.3 is 0 Å². The van der Waals surface area contributed by atoms with Gasteiger partial charge in [0.1, 0.15) is 6.04 Å². The van der Waals surface area contributed by atoms with Crippen LogP contribution in [0.15, 0.2) is 0 Å². The first-order chi connectivity index (χ1) is 14.7. The maximum Gasteiger partial charge on any atom is 0.405 e. The first-order valence-corrected chi connectivity index (χ1v) is 12.9. The summed E-state index contributed by atoms with van der Waals surface area (Å²) in [5, 5.41) is 0. The summed E-state index contributed by atoms with van der Waals surface area (Å²) in [4.78, 5) is 8.93. The van der Waals surface area contributed by atoms with Crippen LogP contribution in [0.2, 0.25) is 0 Å². The molecule has 0 radical (unpaired) electrons. The normalized spacial score (nSPS) is 29.5. The van der Waals surface area contributed by atoms with Crippen LogP contribution >= 0.6 is 0 Å². The summed E-state index contributed by atoms with van der Waals surface area (Å²) in [7, 11) is 0. The summed E-state index contributed by atoms with van der Waals surface area (Å²) in [6.07, 6.45) is -2.32. The highest BCUT2D eigenvalue weighted by molar-refractivity contribution is 4.98. The van der Waals surface area contributed by atoms with Crippen LogP contribution in [0.5, 0.6) is 0 Å². The minimum Gasteiger partial charge on any atom is -0.295 e. The first kappa shape index (κ1) is 28.9. The molecular weight excluding hydrogens is 425 g/mol. The second-order valence-electron chi connectivity index (χ2n) is 13.3. The second-order valence-corrected chi connectivity index (χ2v) is 13.3. The van der Waals surface area contributed by atoms with E-state index >= 15 is 0 Å². The quantitative estimate of drug-likeness (QED) is 0.521. The SMILES string of the molecule is CC(CCC(C)(C)N1CCN(C(C)(C)C)C(C(F)(F)F)C1)N1C[C@@H](C)N(C(C)(C)C)C[C@@H]1C. The molecule has 0 spiro atoms. The highest BCUT2D eigenvalue weighted by Gasteiger charge is 2.51. The van der Waals surface area contributed by atoms with E-state index in [0.29, 0.717) is 31.2 Å². The third-order valence-corrected chi connectivity index (χ3v) is 8.11. The molecular formula is C26H51F3N4. The van der Waals surface area contributed by atoms with Gasteiger partial charge in [0, 0.05) is 67.5 Å². The lowest BCUT2D eigenvalue weighted by atomic mass is 9.89. The minimum atomic E-state index is -4.21. The Balaban J connectivity index is 2.02. The van der Waals surface area contributed by atoms with Crippen molar-refractivity contribution >= 4 is 0 Å². The Hall–Kier alpha value is -0.370. The van der Waals surface area contributed by atoms with Gasteiger partial charge in [0.2, 0.25) is 0 Å². The summed E-state index contributed by atoms with van der Waals surface area (Å²) < 4.78 is 41.9. The average molecular weight is 477 g/mol. The third-order valence-electron chi connectivity index (χ3n) is 8.11. The molecule has 0 aromatic carbocycles. The van der Waals surface area contributed by atoms with Crippen LogP contribution in [-0.4, -0.2) is 99.3 Å². The van der Waals surface area contributed by atoms with Crippen molar-refractivity contribution in [3.8, 4) is 0 Å². The molecule has 0 saturated carbocycles. The van der Waals surface area contributed by atoms with E-state index in [1.165, 1.54) is 0 Å². The average Bonchev–Trinajstić information content (AvgIpc) is 2.65. The number of nitrogens with zero attached hydrogens (tertiary/aromatic N) is 4. The van der Waals surface area contributed by atoms with Crippen molar-refractivity contribution in [2.75, 3.05) is 32.7 Å². The minimum absolute atomic E-state index is 0.0554. The van der Waals surface area contributed by atoms with Crippen molar-refractivity contribution in [3.63, 3.8) is 0 Å². The molecule has 2 fully saturated rings. The van der Waals surface area contributed by atoms with Gasteiger partial charge in [-0.1, -0.05) is 0 Å². The van der Waals surface area contributed by atoms with Crippen LogP contribution < -0.4 is 0 Å². The highest BCUT2D eigenvalue weighted by Crippen LogP contribution is 2.36. The molecule has 2 aliphatic rings. The van der Waals surface area contributed by atoms with Crippen LogP contribution in [0.25, 0.3) is 0 Å².